The molecule has 154 valence electrons. The van der Waals surface area contributed by atoms with Gasteiger partial charge in [0.15, 0.2) is 0 Å². The number of nitriles is 1. The number of ether oxygens (including phenoxy) is 1. The first-order chi connectivity index (χ1) is 14.1. The molecule has 3 rings (SSSR count). The molecule has 0 unspecified atom stereocenters. The Morgan fingerprint density at radius 3 is 2.43 bits per heavy atom. The van der Waals surface area contributed by atoms with Crippen LogP contribution in [0, 0.1) is 17.1 Å². The smallest absolute Gasteiger partial charge is 0.341 e. The first-order valence-corrected chi connectivity index (χ1v) is 9.36. The molecule has 0 aliphatic carbocycles. The van der Waals surface area contributed by atoms with Crippen molar-refractivity contribution >= 4 is 40.9 Å². The van der Waals surface area contributed by atoms with Crippen LogP contribution in [0.3, 0.4) is 0 Å². The highest BCUT2D eigenvalue weighted by atomic mass is 35.5. The Kier molecular flexibility index (Phi) is 5.51. The van der Waals surface area contributed by atoms with Crippen LogP contribution >= 0.6 is 11.6 Å². The van der Waals surface area contributed by atoms with Crippen LogP contribution < -0.4 is 9.80 Å². The maximum atomic E-state index is 14.5. The summed E-state index contributed by atoms with van der Waals surface area (Å²) >= 11 is 6.04. The number of hydrogen-bond donors (Lipinski definition) is 0. The standard InChI is InChI=1S/C21H17ClFN3O4/c1-4-30-18(27)15-8-7-14(10-17(15)23)26-20(29)25(19(28)21(26,2)3)13-6-5-12(11-24)16(22)9-13/h5-10H,4H2,1-3H3. The monoisotopic (exact) mass is 429 g/mol. The molecule has 0 atom stereocenters. The number of esters is 1. The second kappa shape index (κ2) is 7.76. The lowest BCUT2D eigenvalue weighted by atomic mass is 10.0. The maximum absolute atomic E-state index is 14.5. The van der Waals surface area contributed by atoms with Crippen molar-refractivity contribution in [3.05, 3.63) is 58.4 Å². The number of amides is 3. The molecule has 0 bridgehead atoms. The lowest BCUT2D eigenvalue weighted by Gasteiger charge is -2.27. The number of nitrogens with zero attached hydrogens (tertiary/aromatic N) is 3. The van der Waals surface area contributed by atoms with Crippen LogP contribution in [-0.2, 0) is 9.53 Å². The molecule has 0 radical (unpaired) electrons. The number of carbonyl (C=O) groups excluding carboxylic acids is 3. The third-order valence-electron chi connectivity index (χ3n) is 4.71. The highest BCUT2D eigenvalue weighted by Crippen LogP contribution is 2.37. The van der Waals surface area contributed by atoms with Crippen LogP contribution in [0.1, 0.15) is 36.7 Å². The predicted octanol–water partition coefficient (Wildman–Crippen LogP) is 4.28. The molecule has 9 heteroatoms. The second-order valence-corrected chi connectivity index (χ2v) is 7.39. The number of imide groups is 1. The van der Waals surface area contributed by atoms with Crippen LogP contribution in [0.25, 0.3) is 0 Å². The normalized spacial score (nSPS) is 15.3. The minimum Gasteiger partial charge on any atom is -0.462 e. The summed E-state index contributed by atoms with van der Waals surface area (Å²) in [6, 6.07) is 8.97. The Morgan fingerprint density at radius 1 is 1.20 bits per heavy atom. The molecule has 1 aliphatic rings. The minimum absolute atomic E-state index is 0.0915. The fraction of sp³-hybridized carbons (Fsp3) is 0.238. The van der Waals surface area contributed by atoms with Gasteiger partial charge in [-0.2, -0.15) is 5.26 Å². The molecule has 1 aliphatic heterocycles. The third-order valence-corrected chi connectivity index (χ3v) is 5.02. The average Bonchev–Trinajstić information content (AvgIpc) is 2.86. The topological polar surface area (TPSA) is 90.7 Å². The van der Waals surface area contributed by atoms with E-state index in [-0.39, 0.29) is 34.1 Å². The van der Waals surface area contributed by atoms with E-state index in [1.54, 1.807) is 6.92 Å². The van der Waals surface area contributed by atoms with Crippen LogP contribution in [0.2, 0.25) is 5.02 Å². The van der Waals surface area contributed by atoms with Gasteiger partial charge in [-0.05, 0) is 57.2 Å². The zero-order chi connectivity index (χ0) is 22.2. The van der Waals surface area contributed by atoms with E-state index >= 15 is 0 Å². The van der Waals surface area contributed by atoms with Crippen LogP contribution in [0.4, 0.5) is 20.6 Å². The number of anilines is 2. The largest absolute Gasteiger partial charge is 0.462 e. The highest BCUT2D eigenvalue weighted by Gasteiger charge is 2.52. The van der Waals surface area contributed by atoms with Gasteiger partial charge in [0, 0.05) is 5.69 Å². The van der Waals surface area contributed by atoms with Gasteiger partial charge in [-0.25, -0.2) is 18.9 Å². The van der Waals surface area contributed by atoms with Gasteiger partial charge in [-0.3, -0.25) is 9.69 Å². The summed E-state index contributed by atoms with van der Waals surface area (Å²) in [6.45, 7) is 4.74. The summed E-state index contributed by atoms with van der Waals surface area (Å²) in [5.74, 6) is -2.25. The molecule has 1 fully saturated rings. The molecule has 2 aromatic rings. The fourth-order valence-corrected chi connectivity index (χ4v) is 3.42. The van der Waals surface area contributed by atoms with E-state index in [9.17, 15) is 18.8 Å². The number of carbonyl (C=O) groups is 3. The summed E-state index contributed by atoms with van der Waals surface area (Å²) in [5.41, 5.74) is -1.12. The molecule has 0 saturated carbocycles. The van der Waals surface area contributed by atoms with Crippen molar-refractivity contribution in [1.82, 2.24) is 0 Å². The van der Waals surface area contributed by atoms with Gasteiger partial charge in [0.2, 0.25) is 0 Å². The highest BCUT2D eigenvalue weighted by molar-refractivity contribution is 6.33. The molecular formula is C21H17ClFN3O4. The van der Waals surface area contributed by atoms with E-state index in [0.717, 1.165) is 15.9 Å². The molecule has 30 heavy (non-hydrogen) atoms. The van der Waals surface area contributed by atoms with Crippen molar-refractivity contribution in [2.75, 3.05) is 16.4 Å². The number of urea groups is 1. The summed E-state index contributed by atoms with van der Waals surface area (Å²) in [5, 5.41) is 9.11. The Bertz CT molecular complexity index is 1110. The Labute approximate surface area is 177 Å². The van der Waals surface area contributed by atoms with Crippen molar-refractivity contribution in [2.45, 2.75) is 26.3 Å². The summed E-state index contributed by atoms with van der Waals surface area (Å²) in [6.07, 6.45) is 0. The first-order valence-electron chi connectivity index (χ1n) is 8.98. The molecule has 1 saturated heterocycles. The summed E-state index contributed by atoms with van der Waals surface area (Å²) < 4.78 is 19.3. The second-order valence-electron chi connectivity index (χ2n) is 6.98. The van der Waals surface area contributed by atoms with Gasteiger partial charge < -0.3 is 4.74 Å². The van der Waals surface area contributed by atoms with Crippen LogP contribution in [0.5, 0.6) is 0 Å². The van der Waals surface area contributed by atoms with Crippen LogP contribution in [0.15, 0.2) is 36.4 Å². The molecule has 3 amide bonds. The number of rotatable bonds is 4. The summed E-state index contributed by atoms with van der Waals surface area (Å²) in [7, 11) is 0. The Morgan fingerprint density at radius 2 is 1.87 bits per heavy atom. The van der Waals surface area contributed by atoms with Gasteiger partial charge in [-0.1, -0.05) is 11.6 Å². The zero-order valence-electron chi connectivity index (χ0n) is 16.4. The van der Waals surface area contributed by atoms with E-state index in [2.05, 4.69) is 0 Å². The van der Waals surface area contributed by atoms with E-state index in [4.69, 9.17) is 21.6 Å². The number of hydrogen-bond acceptors (Lipinski definition) is 5. The lowest BCUT2D eigenvalue weighted by molar-refractivity contribution is -0.120. The molecule has 0 aromatic heterocycles. The van der Waals surface area contributed by atoms with Crippen molar-refractivity contribution in [1.29, 1.82) is 5.26 Å². The van der Waals surface area contributed by atoms with Crippen molar-refractivity contribution in [3.63, 3.8) is 0 Å². The Balaban J connectivity index is 2.03. The predicted molar refractivity (Wildman–Crippen MR) is 108 cm³/mol. The third kappa shape index (κ3) is 3.37. The van der Waals surface area contributed by atoms with Gasteiger partial charge in [0.05, 0.1) is 28.4 Å². The molecule has 1 heterocycles. The molecule has 7 nitrogen and oxygen atoms in total. The van der Waals surface area contributed by atoms with E-state index in [1.165, 1.54) is 44.2 Å². The number of halogens is 2. The quantitative estimate of drug-likeness (QED) is 0.534. The van der Waals surface area contributed by atoms with Gasteiger partial charge in [0.1, 0.15) is 17.4 Å². The first kappa shape index (κ1) is 21.3. The SMILES string of the molecule is CCOC(=O)c1ccc(N2C(=O)N(c3ccc(C#N)c(Cl)c3)C(=O)C2(C)C)cc1F. The minimum atomic E-state index is -1.34. The lowest BCUT2D eigenvalue weighted by Crippen LogP contribution is -2.44. The van der Waals surface area contributed by atoms with E-state index in [0.29, 0.717) is 0 Å². The van der Waals surface area contributed by atoms with Crippen molar-refractivity contribution < 1.29 is 23.5 Å². The Hall–Kier alpha value is -3.44. The van der Waals surface area contributed by atoms with E-state index < -0.39 is 29.3 Å². The van der Waals surface area contributed by atoms with Gasteiger partial charge in [0.25, 0.3) is 5.91 Å². The van der Waals surface area contributed by atoms with Crippen LogP contribution in [-0.4, -0.2) is 30.1 Å². The average molecular weight is 430 g/mol. The summed E-state index contributed by atoms with van der Waals surface area (Å²) in [4.78, 5) is 40.0. The fourth-order valence-electron chi connectivity index (χ4n) is 3.21. The molecular weight excluding hydrogens is 413 g/mol. The van der Waals surface area contributed by atoms with Gasteiger partial charge in [-0.15, -0.1) is 0 Å². The van der Waals surface area contributed by atoms with Gasteiger partial charge >= 0.3 is 12.0 Å². The maximum Gasteiger partial charge on any atom is 0.341 e. The molecule has 0 spiro atoms. The van der Waals surface area contributed by atoms with Crippen molar-refractivity contribution in [2.24, 2.45) is 0 Å². The number of benzene rings is 2. The zero-order valence-corrected chi connectivity index (χ0v) is 17.2. The van der Waals surface area contributed by atoms with Crippen molar-refractivity contribution in [3.8, 4) is 6.07 Å². The van der Waals surface area contributed by atoms with E-state index in [1.807, 2.05) is 6.07 Å². The molecule has 0 N–H and O–H groups in total. The molecule has 2 aromatic carbocycles.